The first-order chi connectivity index (χ1) is 10.1. The van der Waals surface area contributed by atoms with Crippen LogP contribution in [0.1, 0.15) is 25.7 Å². The number of aromatic nitrogens is 1. The highest BCUT2D eigenvalue weighted by atomic mass is 32.2. The summed E-state index contributed by atoms with van der Waals surface area (Å²) in [6.45, 7) is 0. The number of benzene rings is 1. The van der Waals surface area contributed by atoms with E-state index in [0.717, 1.165) is 35.6 Å². The van der Waals surface area contributed by atoms with Crippen molar-refractivity contribution in [3.8, 4) is 0 Å². The molecule has 21 heavy (non-hydrogen) atoms. The number of thioether (sulfide) groups is 1. The lowest BCUT2D eigenvalue weighted by atomic mass is 9.86. The van der Waals surface area contributed by atoms with Gasteiger partial charge in [-0.1, -0.05) is 24.6 Å². The Labute approximate surface area is 128 Å². The van der Waals surface area contributed by atoms with Gasteiger partial charge in [0, 0.05) is 10.9 Å². The van der Waals surface area contributed by atoms with Crippen molar-refractivity contribution in [2.45, 2.75) is 36.2 Å². The van der Waals surface area contributed by atoms with Crippen LogP contribution >= 0.6 is 11.8 Å². The number of hydrogen-bond acceptors (Lipinski definition) is 3. The molecule has 2 atom stereocenters. The zero-order chi connectivity index (χ0) is 14.9. The zero-order valence-electron chi connectivity index (χ0n) is 11.8. The second kappa shape index (κ2) is 5.73. The minimum absolute atomic E-state index is 0.0897. The number of carboxylic acid groups (broad SMARTS) is 1. The molecule has 1 fully saturated rings. The van der Waals surface area contributed by atoms with Gasteiger partial charge in [0.2, 0.25) is 0 Å². The van der Waals surface area contributed by atoms with Crippen molar-refractivity contribution in [3.63, 3.8) is 0 Å². The SMILES string of the molecule is NC1(C(=O)O)CCCC1CCSc1cc2ccccc2[nH]1. The lowest BCUT2D eigenvalue weighted by Crippen LogP contribution is -2.51. The van der Waals surface area contributed by atoms with Crippen molar-refractivity contribution in [2.24, 2.45) is 11.7 Å². The van der Waals surface area contributed by atoms with Crippen molar-refractivity contribution in [3.05, 3.63) is 30.3 Å². The van der Waals surface area contributed by atoms with Crippen LogP contribution in [-0.4, -0.2) is 27.4 Å². The topological polar surface area (TPSA) is 79.1 Å². The standard InChI is InChI=1S/C16H20N2O2S/c17-16(15(19)20)8-3-5-12(16)7-9-21-14-10-11-4-1-2-6-13(11)18-14/h1-2,4,6,10,12,18H,3,5,7-9,17H2,(H,19,20). The van der Waals surface area contributed by atoms with Crippen LogP contribution in [0, 0.1) is 5.92 Å². The number of carbonyl (C=O) groups is 1. The second-order valence-corrected chi connectivity index (χ2v) is 6.93. The van der Waals surface area contributed by atoms with E-state index in [1.165, 1.54) is 5.39 Å². The van der Waals surface area contributed by atoms with E-state index in [4.69, 9.17) is 5.73 Å². The number of nitrogens with one attached hydrogen (secondary N) is 1. The predicted molar refractivity (Wildman–Crippen MR) is 85.5 cm³/mol. The summed E-state index contributed by atoms with van der Waals surface area (Å²) in [7, 11) is 0. The van der Waals surface area contributed by atoms with E-state index in [1.807, 2.05) is 12.1 Å². The molecule has 2 unspecified atom stereocenters. The average molecular weight is 304 g/mol. The lowest BCUT2D eigenvalue weighted by molar-refractivity contribution is -0.144. The van der Waals surface area contributed by atoms with E-state index in [0.29, 0.717) is 6.42 Å². The maximum Gasteiger partial charge on any atom is 0.323 e. The van der Waals surface area contributed by atoms with E-state index in [1.54, 1.807) is 11.8 Å². The Morgan fingerprint density at radius 3 is 3.05 bits per heavy atom. The fourth-order valence-corrected chi connectivity index (χ4v) is 4.24. The van der Waals surface area contributed by atoms with Gasteiger partial charge in [-0.05, 0) is 43.1 Å². The average Bonchev–Trinajstić information content (AvgIpc) is 3.03. The van der Waals surface area contributed by atoms with E-state index < -0.39 is 11.5 Å². The largest absolute Gasteiger partial charge is 0.480 e. The highest BCUT2D eigenvalue weighted by molar-refractivity contribution is 7.99. The summed E-state index contributed by atoms with van der Waals surface area (Å²) in [4.78, 5) is 14.7. The highest BCUT2D eigenvalue weighted by Gasteiger charge is 2.45. The van der Waals surface area contributed by atoms with Gasteiger partial charge in [-0.15, -0.1) is 11.8 Å². The van der Waals surface area contributed by atoms with Gasteiger partial charge < -0.3 is 15.8 Å². The van der Waals surface area contributed by atoms with Crippen LogP contribution < -0.4 is 5.73 Å². The van der Waals surface area contributed by atoms with Crippen LogP contribution in [0.2, 0.25) is 0 Å². The molecule has 0 spiro atoms. The normalized spacial score (nSPS) is 25.5. The Morgan fingerprint density at radius 2 is 2.29 bits per heavy atom. The molecule has 0 amide bonds. The molecule has 1 aliphatic carbocycles. The van der Waals surface area contributed by atoms with Crippen LogP contribution in [0.15, 0.2) is 35.4 Å². The van der Waals surface area contributed by atoms with E-state index >= 15 is 0 Å². The molecule has 0 saturated heterocycles. The molecule has 2 aromatic rings. The molecule has 0 bridgehead atoms. The molecule has 5 heteroatoms. The molecular formula is C16H20N2O2S. The van der Waals surface area contributed by atoms with Crippen molar-refractivity contribution < 1.29 is 9.90 Å². The summed E-state index contributed by atoms with van der Waals surface area (Å²) in [5.74, 6) is 0.136. The summed E-state index contributed by atoms with van der Waals surface area (Å²) < 4.78 is 0. The summed E-state index contributed by atoms with van der Waals surface area (Å²) in [6.07, 6.45) is 3.30. The molecule has 0 radical (unpaired) electrons. The fourth-order valence-electron chi connectivity index (χ4n) is 3.22. The van der Waals surface area contributed by atoms with Crippen molar-refractivity contribution in [1.82, 2.24) is 4.98 Å². The molecule has 4 N–H and O–H groups in total. The number of rotatable bonds is 5. The summed E-state index contributed by atoms with van der Waals surface area (Å²) in [6, 6.07) is 10.3. The molecule has 0 aliphatic heterocycles. The minimum Gasteiger partial charge on any atom is -0.480 e. The van der Waals surface area contributed by atoms with Gasteiger partial charge in [-0.3, -0.25) is 4.79 Å². The van der Waals surface area contributed by atoms with E-state index in [9.17, 15) is 9.90 Å². The molecule has 1 aromatic heterocycles. The first kappa shape index (κ1) is 14.5. The monoisotopic (exact) mass is 304 g/mol. The summed E-state index contributed by atoms with van der Waals surface area (Å²) in [5, 5.41) is 11.7. The molecule has 3 rings (SSSR count). The summed E-state index contributed by atoms with van der Waals surface area (Å²) in [5.41, 5.74) is 6.20. The predicted octanol–water partition coefficient (Wildman–Crippen LogP) is 3.23. The number of carboxylic acids is 1. The number of nitrogens with two attached hydrogens (primary N) is 1. The Hall–Kier alpha value is -1.46. The Morgan fingerprint density at radius 1 is 1.48 bits per heavy atom. The molecule has 1 heterocycles. The zero-order valence-corrected chi connectivity index (χ0v) is 12.7. The van der Waals surface area contributed by atoms with Crippen molar-refractivity contribution in [1.29, 1.82) is 0 Å². The molecule has 1 saturated carbocycles. The number of aromatic amines is 1. The van der Waals surface area contributed by atoms with Crippen molar-refractivity contribution >= 4 is 28.6 Å². The van der Waals surface area contributed by atoms with Crippen molar-refractivity contribution in [2.75, 3.05) is 5.75 Å². The highest BCUT2D eigenvalue weighted by Crippen LogP contribution is 2.37. The fraction of sp³-hybridized carbons (Fsp3) is 0.438. The third-order valence-electron chi connectivity index (χ3n) is 4.50. The smallest absolute Gasteiger partial charge is 0.323 e. The Bertz CT molecular complexity index is 622. The molecule has 4 nitrogen and oxygen atoms in total. The Kier molecular flexibility index (Phi) is 3.95. The molecule has 1 aromatic carbocycles. The number of para-hydroxylation sites is 1. The number of fused-ring (bicyclic) bond motifs is 1. The maximum atomic E-state index is 11.3. The Balaban J connectivity index is 1.59. The van der Waals surface area contributed by atoms with Gasteiger partial charge in [0.15, 0.2) is 0 Å². The molecule has 1 aliphatic rings. The molecular weight excluding hydrogens is 284 g/mol. The summed E-state index contributed by atoms with van der Waals surface area (Å²) >= 11 is 1.74. The number of aliphatic carboxylic acids is 1. The minimum atomic E-state index is -1.01. The van der Waals surface area contributed by atoms with E-state index in [-0.39, 0.29) is 5.92 Å². The van der Waals surface area contributed by atoms with Crippen LogP contribution in [0.4, 0.5) is 0 Å². The van der Waals surface area contributed by atoms with Gasteiger partial charge in [0.25, 0.3) is 0 Å². The third-order valence-corrected chi connectivity index (χ3v) is 5.47. The van der Waals surface area contributed by atoms with Crippen LogP contribution in [0.25, 0.3) is 10.9 Å². The third kappa shape index (κ3) is 2.80. The van der Waals surface area contributed by atoms with Gasteiger partial charge in [-0.2, -0.15) is 0 Å². The van der Waals surface area contributed by atoms with Gasteiger partial charge in [-0.25, -0.2) is 0 Å². The van der Waals surface area contributed by atoms with Gasteiger partial charge in [0.1, 0.15) is 5.54 Å². The maximum absolute atomic E-state index is 11.3. The van der Waals surface area contributed by atoms with Gasteiger partial charge >= 0.3 is 5.97 Å². The molecule has 112 valence electrons. The first-order valence-electron chi connectivity index (χ1n) is 7.32. The lowest BCUT2D eigenvalue weighted by Gasteiger charge is -2.26. The second-order valence-electron chi connectivity index (χ2n) is 5.79. The van der Waals surface area contributed by atoms with Crippen LogP contribution in [-0.2, 0) is 4.79 Å². The van der Waals surface area contributed by atoms with E-state index in [2.05, 4.69) is 23.2 Å². The van der Waals surface area contributed by atoms with Crippen LogP contribution in [0.5, 0.6) is 0 Å². The number of H-pyrrole nitrogens is 1. The van der Waals surface area contributed by atoms with Gasteiger partial charge in [0.05, 0.1) is 5.03 Å². The van der Waals surface area contributed by atoms with Crippen LogP contribution in [0.3, 0.4) is 0 Å². The quantitative estimate of drug-likeness (QED) is 0.741. The number of hydrogen-bond donors (Lipinski definition) is 3. The first-order valence-corrected chi connectivity index (χ1v) is 8.31.